The van der Waals surface area contributed by atoms with Crippen molar-refractivity contribution in [3.63, 3.8) is 0 Å². The van der Waals surface area contributed by atoms with Gasteiger partial charge in [0.25, 0.3) is 0 Å². The average Bonchev–Trinajstić information content (AvgIpc) is 0.726. The summed E-state index contributed by atoms with van der Waals surface area (Å²) < 4.78 is 92.1. The summed E-state index contributed by atoms with van der Waals surface area (Å²) in [6.07, 6.45) is 0. The first-order valence-corrected chi connectivity index (χ1v) is 44.5. The van der Waals surface area contributed by atoms with Gasteiger partial charge in [0.15, 0.2) is 0 Å². The molecular weight excluding hydrogens is 1760 g/mol. The fourth-order valence-corrected chi connectivity index (χ4v) is 20.8. The summed E-state index contributed by atoms with van der Waals surface area (Å²) in [4.78, 5) is 113. The van der Waals surface area contributed by atoms with E-state index in [1.165, 1.54) is 115 Å². The van der Waals surface area contributed by atoms with Gasteiger partial charge in [-0.05, 0) is 366 Å². The fraction of sp³-hybridized carbons (Fsp3) is 0.125. The fourth-order valence-electron chi connectivity index (χ4n) is 11.8. The number of methoxy groups -OCH3 is 6. The Labute approximate surface area is 758 Å². The van der Waals surface area contributed by atoms with Crippen LogP contribution >= 0.6 is 23.0 Å². The molecule has 0 aliphatic carbocycles. The van der Waals surface area contributed by atoms with E-state index in [4.69, 9.17) is 98.1 Å². The van der Waals surface area contributed by atoms with E-state index in [0.29, 0.717) is 67.9 Å². The number of oxime groups is 6. The van der Waals surface area contributed by atoms with E-state index >= 15 is 0 Å². The minimum atomic E-state index is -4.89. The third kappa shape index (κ3) is 24.8. The number of carbonyl (C=O) groups excluding carboxylic acids is 6. The van der Waals surface area contributed by atoms with Crippen LogP contribution in [-0.2, 0) is 29.0 Å². The lowest BCUT2D eigenvalue weighted by Crippen LogP contribution is -2.11. The number of rotatable bonds is 36. The van der Waals surface area contributed by atoms with Gasteiger partial charge in [0, 0.05) is 0 Å². The lowest BCUT2D eigenvalue weighted by atomic mass is 10.1. The van der Waals surface area contributed by atoms with Crippen molar-refractivity contribution in [3.8, 4) is 69.0 Å². The molecule has 0 saturated heterocycles. The van der Waals surface area contributed by atoms with E-state index in [-0.39, 0.29) is 102 Å². The zero-order chi connectivity index (χ0) is 93.3. The number of hydrogen-bond acceptors (Lipinski definition) is 33. The van der Waals surface area contributed by atoms with Crippen LogP contribution in [0.3, 0.4) is 0 Å². The Hall–Kier alpha value is -16.2. The van der Waals surface area contributed by atoms with Crippen molar-refractivity contribution in [1.29, 1.82) is 0 Å². The molecule has 672 valence electrons. The van der Waals surface area contributed by atoms with Gasteiger partial charge in [-0.15, -0.1) is 0 Å². The van der Waals surface area contributed by atoms with Gasteiger partial charge in [-0.1, -0.05) is 44.5 Å². The predicted molar refractivity (Wildman–Crippen MR) is 494 cm³/mol. The second-order valence-electron chi connectivity index (χ2n) is 28.1. The van der Waals surface area contributed by atoms with Crippen molar-refractivity contribution < 1.29 is 113 Å². The van der Waals surface area contributed by atoms with Crippen molar-refractivity contribution in [2.24, 2.45) is 44.5 Å². The predicted octanol–water partition coefficient (Wildman–Crippen LogP) is 21.9. The quantitative estimate of drug-likeness (QED) is 0.0152. The second-order valence-corrected chi connectivity index (χ2v) is 34.3. The Morgan fingerprint density at radius 1 is 0.174 bits per heavy atom. The minimum Gasteiger partial charge on any atom is -0.497 e. The molecule has 0 radical (unpaired) electrons. The van der Waals surface area contributed by atoms with Gasteiger partial charge in [0.1, 0.15) is 69.0 Å². The highest BCUT2D eigenvalue weighted by molar-refractivity contribution is 7.79. The first-order chi connectivity index (χ1) is 63.8. The number of ether oxygens (including phenoxy) is 6. The number of carbonyl (C=O) groups is 6. The minimum absolute atomic E-state index is 0.0243. The Bertz CT molecular complexity index is 5530. The smallest absolute Gasteiger partial charge is 0.460 e. The molecule has 0 atom stereocenters. The molecule has 36 heteroatoms. The summed E-state index contributed by atoms with van der Waals surface area (Å²) in [6.45, 7) is 9.76. The van der Waals surface area contributed by atoms with E-state index in [1.807, 2.05) is 0 Å². The maximum atomic E-state index is 13.4. The van der Waals surface area contributed by atoms with Crippen LogP contribution in [0.2, 0.25) is 0 Å². The Kier molecular flexibility index (Phi) is 30.8. The van der Waals surface area contributed by atoms with Gasteiger partial charge in [-0.3, -0.25) is 0 Å². The molecule has 0 bridgehead atoms. The lowest BCUT2D eigenvalue weighted by Gasteiger charge is -2.33. The molecule has 13 rings (SSSR count). The molecule has 0 unspecified atom stereocenters. The van der Waals surface area contributed by atoms with Crippen molar-refractivity contribution in [2.75, 3.05) is 42.7 Å². The molecule has 0 spiro atoms. The van der Waals surface area contributed by atoms with Crippen LogP contribution in [0.25, 0.3) is 0 Å². The Morgan fingerprint density at radius 2 is 0.280 bits per heavy atom. The molecule has 33 nitrogen and oxygen atoms in total. The monoisotopic (exact) mass is 1840 g/mol. The molecule has 0 amide bonds. The summed E-state index contributed by atoms with van der Waals surface area (Å²) in [5.41, 5.74) is 5.50. The molecule has 0 fully saturated rings. The first kappa shape index (κ1) is 93.4. The molecule has 0 saturated carbocycles. The van der Waals surface area contributed by atoms with E-state index in [0.717, 1.165) is 0 Å². The maximum absolute atomic E-state index is 13.4. The van der Waals surface area contributed by atoms with Crippen LogP contribution < -0.4 is 55.6 Å². The van der Waals surface area contributed by atoms with Crippen molar-refractivity contribution >= 4 is 93.1 Å². The zero-order valence-electron chi connectivity index (χ0n) is 72.9. The highest BCUT2D eigenvalue weighted by atomic mass is 31.3. The number of benzene rings is 12. The molecule has 1 aliphatic rings. The van der Waals surface area contributed by atoms with Gasteiger partial charge in [-0.25, -0.2) is 28.8 Å². The summed E-state index contributed by atoms with van der Waals surface area (Å²) in [7, 11) is -5.66. The standard InChI is InChI=1S/C96H84N9O24P3/c1-61(97-118-91(106)73-25-37-79(112-7)38-26-73)67-13-49-85(50-14-67)124-130(125-86-51-15-68(16-52-86)62(2)98-119-92(107)74-27-39-80(113-8)40-28-74)103-131(126-87-53-17-69(18-54-87)63(3)99-120-93(108)75-29-41-81(114-9)42-30-75,127-88-55-19-70(20-56-88)64(4)100-121-94(109)76-31-43-82(115-10)44-32-76)105-132(104-130,128-89-57-21-71(22-58-89)65(5)101-122-95(110)77-33-45-83(116-11)46-34-77)129-90-59-23-72(24-60-90)66(6)102-123-96(111)78-35-47-84(117-12)48-36-78/h13-60H,1-12H3/b97-61+,98-62+,99-63+,100-64+,101-65+,102-66+. The Morgan fingerprint density at radius 3 is 0.394 bits per heavy atom. The first-order valence-electron chi connectivity index (χ1n) is 39.9. The summed E-state index contributed by atoms with van der Waals surface area (Å²) in [5, 5.41) is 25.1. The van der Waals surface area contributed by atoms with Gasteiger partial charge in [0.2, 0.25) is 0 Å². The summed E-state index contributed by atoms with van der Waals surface area (Å²) in [6, 6.07) is 76.0. The Balaban J connectivity index is 0.998. The van der Waals surface area contributed by atoms with Gasteiger partial charge in [0.05, 0.1) is 110 Å². The SMILES string of the molecule is COc1ccc(C(=O)O/N=C(\C)c2ccc(OP3(Oc4ccc(/C(C)=N/OC(=O)c5ccc(OC)cc5)cc4)=NP(Oc4ccc(/C(C)=N/OC(=O)c5ccc(OC)cc5)cc4)(Oc4ccc(/C(C)=N/OC(=O)c5ccc(OC)cc5)cc4)=NP(Oc4ccc(/C(C)=N/OC(=O)c5ccc(OC)cc5)cc4)(Oc4ccc(/C(C)=N/OC(=O)c5ccc(OC)cc5)cc4)=N3)cc2)cc1. The van der Waals surface area contributed by atoms with E-state index < -0.39 is 58.8 Å². The molecule has 1 heterocycles. The van der Waals surface area contributed by atoms with Crippen LogP contribution in [0.15, 0.2) is 336 Å². The average molecular weight is 1840 g/mol. The van der Waals surface area contributed by atoms with Crippen LogP contribution in [0, 0.1) is 0 Å². The highest BCUT2D eigenvalue weighted by Gasteiger charge is 2.49. The van der Waals surface area contributed by atoms with Gasteiger partial charge < -0.3 is 84.6 Å². The third-order valence-electron chi connectivity index (χ3n) is 19.2. The maximum Gasteiger partial charge on any atom is 0.460 e. The highest BCUT2D eigenvalue weighted by Crippen LogP contribution is 2.79. The largest absolute Gasteiger partial charge is 0.497 e. The van der Waals surface area contributed by atoms with Crippen LogP contribution in [0.1, 0.15) is 137 Å². The molecule has 12 aromatic carbocycles. The molecule has 0 aromatic heterocycles. The molecule has 12 aromatic rings. The molecular formula is C96H84N9O24P3. The van der Waals surface area contributed by atoms with Gasteiger partial charge in [-0.2, -0.15) is 0 Å². The van der Waals surface area contributed by atoms with E-state index in [9.17, 15) is 28.8 Å². The van der Waals surface area contributed by atoms with Crippen molar-refractivity contribution in [2.45, 2.75) is 41.5 Å². The van der Waals surface area contributed by atoms with Crippen LogP contribution in [0.4, 0.5) is 0 Å². The topological polar surface area (TPSA) is 380 Å². The summed E-state index contributed by atoms with van der Waals surface area (Å²) in [5.74, 6) is -1.19. The van der Waals surface area contributed by atoms with Crippen LogP contribution in [0.5, 0.6) is 69.0 Å². The summed E-state index contributed by atoms with van der Waals surface area (Å²) >= 11 is 0. The van der Waals surface area contributed by atoms with E-state index in [2.05, 4.69) is 30.9 Å². The number of nitrogens with zero attached hydrogens (tertiary/aromatic N) is 9. The van der Waals surface area contributed by atoms with E-state index in [1.54, 1.807) is 260 Å². The molecule has 0 N–H and O–H groups in total. The van der Waals surface area contributed by atoms with Crippen molar-refractivity contribution in [3.05, 3.63) is 358 Å². The second kappa shape index (κ2) is 43.5. The van der Waals surface area contributed by atoms with Gasteiger partial charge >= 0.3 is 58.8 Å². The molecule has 1 aliphatic heterocycles. The zero-order valence-corrected chi connectivity index (χ0v) is 75.6. The normalized spacial score (nSPS) is 14.1. The van der Waals surface area contributed by atoms with Crippen LogP contribution in [-0.4, -0.2) is 113 Å². The molecule has 132 heavy (non-hydrogen) atoms. The lowest BCUT2D eigenvalue weighted by molar-refractivity contribution is 0.0507. The van der Waals surface area contributed by atoms with Crippen molar-refractivity contribution in [1.82, 2.24) is 0 Å². The number of hydrogen-bond donors (Lipinski definition) is 0. The third-order valence-corrected chi connectivity index (χ3v) is 27.3.